The van der Waals surface area contributed by atoms with Crippen LogP contribution in [0.1, 0.15) is 46.3 Å². The first-order valence-corrected chi connectivity index (χ1v) is 10.8. The maximum atomic E-state index is 12.7. The largest absolute Gasteiger partial charge is 0.461 e. The molecule has 1 aliphatic heterocycles. The Morgan fingerprint density at radius 3 is 2.63 bits per heavy atom. The lowest BCUT2D eigenvalue weighted by Gasteiger charge is -2.32. The van der Waals surface area contributed by atoms with Crippen molar-refractivity contribution >= 4 is 35.1 Å². The lowest BCUT2D eigenvalue weighted by molar-refractivity contribution is 0.0518. The van der Waals surface area contributed by atoms with Gasteiger partial charge in [0.2, 0.25) is 0 Å². The topological polar surface area (TPSA) is 71.5 Å². The van der Waals surface area contributed by atoms with Gasteiger partial charge in [0.15, 0.2) is 0 Å². The number of carbonyl (C=O) groups excluding carboxylic acids is 2. The van der Waals surface area contributed by atoms with Crippen molar-refractivity contribution in [3.8, 4) is 0 Å². The Balaban J connectivity index is 1.44. The van der Waals surface area contributed by atoms with Crippen LogP contribution in [0.3, 0.4) is 0 Å². The van der Waals surface area contributed by atoms with E-state index < -0.39 is 5.97 Å². The molecule has 1 amide bonds. The average Bonchev–Trinajstić information content (AvgIpc) is 2.76. The number of ether oxygens (including phenoxy) is 1. The van der Waals surface area contributed by atoms with E-state index in [-0.39, 0.29) is 5.91 Å². The Bertz CT molecular complexity index is 899. The van der Waals surface area contributed by atoms with Gasteiger partial charge in [0, 0.05) is 25.2 Å². The molecule has 1 aromatic heterocycles. The van der Waals surface area contributed by atoms with Crippen molar-refractivity contribution in [2.45, 2.75) is 26.3 Å². The molecule has 0 radical (unpaired) electrons. The third-order valence-corrected chi connectivity index (χ3v) is 5.84. The minimum atomic E-state index is -0.404. The summed E-state index contributed by atoms with van der Waals surface area (Å²) >= 11 is 12.0. The highest BCUT2D eigenvalue weighted by Gasteiger charge is 2.24. The molecule has 3 rings (SSSR count). The van der Waals surface area contributed by atoms with Crippen molar-refractivity contribution in [2.24, 2.45) is 5.92 Å². The zero-order chi connectivity index (χ0) is 21.5. The van der Waals surface area contributed by atoms with E-state index in [4.69, 9.17) is 27.9 Å². The van der Waals surface area contributed by atoms with Gasteiger partial charge in [-0.15, -0.1) is 0 Å². The van der Waals surface area contributed by atoms with Gasteiger partial charge in [0.1, 0.15) is 5.69 Å². The SMILES string of the molecule is CCOC(=O)c1cccc(CNCC2CCN(C(=O)c3ccc(Cl)c(Cl)c3)CC2)n1. The van der Waals surface area contributed by atoms with E-state index in [9.17, 15) is 9.59 Å². The molecule has 0 bridgehead atoms. The van der Waals surface area contributed by atoms with Crippen LogP contribution in [-0.4, -0.2) is 48.0 Å². The first-order chi connectivity index (χ1) is 14.5. The predicted octanol–water partition coefficient (Wildman–Crippen LogP) is 4.21. The molecule has 8 heteroatoms. The molecule has 160 valence electrons. The summed E-state index contributed by atoms with van der Waals surface area (Å²) in [5, 5.41) is 4.24. The van der Waals surface area contributed by atoms with Gasteiger partial charge in [0.05, 0.1) is 22.3 Å². The van der Waals surface area contributed by atoms with Crippen LogP contribution >= 0.6 is 23.2 Å². The average molecular weight is 450 g/mol. The van der Waals surface area contributed by atoms with Crippen molar-refractivity contribution in [1.29, 1.82) is 0 Å². The van der Waals surface area contributed by atoms with E-state index in [0.29, 0.717) is 53.5 Å². The third kappa shape index (κ3) is 5.94. The zero-order valence-electron chi connectivity index (χ0n) is 16.9. The summed E-state index contributed by atoms with van der Waals surface area (Å²) in [5.74, 6) is 0.0643. The van der Waals surface area contributed by atoms with Crippen LogP contribution in [0.5, 0.6) is 0 Å². The van der Waals surface area contributed by atoms with Crippen molar-refractivity contribution in [3.63, 3.8) is 0 Å². The molecule has 0 aliphatic carbocycles. The highest BCUT2D eigenvalue weighted by atomic mass is 35.5. The van der Waals surface area contributed by atoms with Crippen LogP contribution in [0.4, 0.5) is 0 Å². The van der Waals surface area contributed by atoms with Crippen LogP contribution in [0.25, 0.3) is 0 Å². The number of carbonyl (C=O) groups is 2. The molecule has 1 saturated heterocycles. The molecule has 1 N–H and O–H groups in total. The highest BCUT2D eigenvalue weighted by Crippen LogP contribution is 2.24. The monoisotopic (exact) mass is 449 g/mol. The molecule has 0 unspecified atom stereocenters. The second-order valence-electron chi connectivity index (χ2n) is 7.23. The first-order valence-electron chi connectivity index (χ1n) is 10.1. The summed E-state index contributed by atoms with van der Waals surface area (Å²) in [6.07, 6.45) is 1.85. The number of hydrogen-bond acceptors (Lipinski definition) is 5. The van der Waals surface area contributed by atoms with Crippen molar-refractivity contribution in [3.05, 3.63) is 63.4 Å². The fourth-order valence-corrected chi connectivity index (χ4v) is 3.75. The van der Waals surface area contributed by atoms with Crippen LogP contribution in [0, 0.1) is 5.92 Å². The molecule has 6 nitrogen and oxygen atoms in total. The Labute approximate surface area is 186 Å². The van der Waals surface area contributed by atoms with Gasteiger partial charge in [-0.2, -0.15) is 0 Å². The van der Waals surface area contributed by atoms with Crippen LogP contribution < -0.4 is 5.32 Å². The summed E-state index contributed by atoms with van der Waals surface area (Å²) in [5.41, 5.74) is 1.69. The number of hydrogen-bond donors (Lipinski definition) is 1. The quantitative estimate of drug-likeness (QED) is 0.640. The second-order valence-corrected chi connectivity index (χ2v) is 8.04. The van der Waals surface area contributed by atoms with Gasteiger partial charge in [-0.25, -0.2) is 9.78 Å². The summed E-state index contributed by atoms with van der Waals surface area (Å²) in [7, 11) is 0. The maximum absolute atomic E-state index is 12.7. The number of nitrogens with one attached hydrogen (secondary N) is 1. The molecule has 1 fully saturated rings. The minimum Gasteiger partial charge on any atom is -0.461 e. The van der Waals surface area contributed by atoms with Gasteiger partial charge in [-0.1, -0.05) is 29.3 Å². The van der Waals surface area contributed by atoms with Gasteiger partial charge in [0.25, 0.3) is 5.91 Å². The molecule has 0 saturated carbocycles. The van der Waals surface area contributed by atoms with E-state index >= 15 is 0 Å². The molecule has 1 aromatic carbocycles. The standard InChI is InChI=1S/C22H25Cl2N3O3/c1-2-30-22(29)20-5-3-4-17(26-20)14-25-13-15-8-10-27(11-9-15)21(28)16-6-7-18(23)19(24)12-16/h3-7,12,15,25H,2,8-11,13-14H2,1H3. The third-order valence-electron chi connectivity index (χ3n) is 5.10. The summed E-state index contributed by atoms with van der Waals surface area (Å²) in [4.78, 5) is 30.7. The number of esters is 1. The van der Waals surface area contributed by atoms with Crippen LogP contribution in [0.2, 0.25) is 10.0 Å². The number of nitrogens with zero attached hydrogens (tertiary/aromatic N) is 2. The van der Waals surface area contributed by atoms with Crippen LogP contribution in [0.15, 0.2) is 36.4 Å². The minimum absolute atomic E-state index is 0.0139. The number of pyridine rings is 1. The number of benzene rings is 1. The first kappa shape index (κ1) is 22.5. The van der Waals surface area contributed by atoms with Crippen molar-refractivity contribution < 1.29 is 14.3 Å². The van der Waals surface area contributed by atoms with E-state index in [1.165, 1.54) is 0 Å². The number of piperidine rings is 1. The lowest BCUT2D eigenvalue weighted by atomic mass is 9.96. The Kier molecular flexibility index (Phi) is 8.08. The lowest BCUT2D eigenvalue weighted by Crippen LogP contribution is -2.40. The highest BCUT2D eigenvalue weighted by molar-refractivity contribution is 6.42. The van der Waals surface area contributed by atoms with E-state index in [1.54, 1.807) is 31.2 Å². The van der Waals surface area contributed by atoms with Crippen molar-refractivity contribution in [1.82, 2.24) is 15.2 Å². The summed E-state index contributed by atoms with van der Waals surface area (Å²) in [6.45, 7) is 4.93. The molecule has 0 spiro atoms. The zero-order valence-corrected chi connectivity index (χ0v) is 18.4. The molecule has 1 aliphatic rings. The Hall–Kier alpha value is -2.15. The maximum Gasteiger partial charge on any atom is 0.356 e. The second kappa shape index (κ2) is 10.8. The van der Waals surface area contributed by atoms with E-state index in [2.05, 4.69) is 10.3 Å². The fraction of sp³-hybridized carbons (Fsp3) is 0.409. The Morgan fingerprint density at radius 2 is 1.93 bits per heavy atom. The van der Waals surface area contributed by atoms with E-state index in [1.807, 2.05) is 17.0 Å². The van der Waals surface area contributed by atoms with Gasteiger partial charge >= 0.3 is 5.97 Å². The number of aromatic nitrogens is 1. The van der Waals surface area contributed by atoms with Gasteiger partial charge in [-0.3, -0.25) is 4.79 Å². The number of halogens is 2. The van der Waals surface area contributed by atoms with Crippen molar-refractivity contribution in [2.75, 3.05) is 26.2 Å². The van der Waals surface area contributed by atoms with Crippen LogP contribution in [-0.2, 0) is 11.3 Å². The van der Waals surface area contributed by atoms with Gasteiger partial charge < -0.3 is 15.0 Å². The molecule has 30 heavy (non-hydrogen) atoms. The van der Waals surface area contributed by atoms with E-state index in [0.717, 1.165) is 25.1 Å². The molecular weight excluding hydrogens is 425 g/mol. The Morgan fingerprint density at radius 1 is 1.17 bits per heavy atom. The molecule has 2 aromatic rings. The number of rotatable bonds is 7. The fourth-order valence-electron chi connectivity index (χ4n) is 3.45. The molecule has 2 heterocycles. The molecule has 0 atom stereocenters. The summed E-state index contributed by atoms with van der Waals surface area (Å²) in [6, 6.07) is 10.3. The predicted molar refractivity (Wildman–Crippen MR) is 117 cm³/mol. The normalized spacial score (nSPS) is 14.6. The smallest absolute Gasteiger partial charge is 0.356 e. The number of likely N-dealkylation sites (tertiary alicyclic amines) is 1. The summed E-state index contributed by atoms with van der Waals surface area (Å²) < 4.78 is 4.99. The van der Waals surface area contributed by atoms with Gasteiger partial charge in [-0.05, 0) is 62.6 Å². The number of amides is 1. The molecular formula is C22H25Cl2N3O3.